The molecule has 104 valence electrons. The fourth-order valence-electron chi connectivity index (χ4n) is 2.91. The second-order valence-corrected chi connectivity index (χ2v) is 6.94. The van der Waals surface area contributed by atoms with Crippen LogP contribution in [0.3, 0.4) is 0 Å². The third-order valence-electron chi connectivity index (χ3n) is 4.16. The zero-order valence-corrected chi connectivity index (χ0v) is 13.4. The van der Waals surface area contributed by atoms with Crippen molar-refractivity contribution >= 4 is 27.5 Å². The van der Waals surface area contributed by atoms with Crippen LogP contribution in [0.5, 0.6) is 0 Å². The van der Waals surface area contributed by atoms with E-state index < -0.39 is 0 Å². The first-order valence-electron chi connectivity index (χ1n) is 7.14. The SMILES string of the molecule is Clc1ccc(Br)c([C@@H](CC2CC2)N2CCNCC2)c1. The highest BCUT2D eigenvalue weighted by Gasteiger charge is 2.31. The van der Waals surface area contributed by atoms with Crippen LogP contribution in [0.2, 0.25) is 5.02 Å². The standard InChI is InChI=1S/C15H20BrClN2/c16-14-4-3-12(17)10-13(14)15(9-11-1-2-11)19-7-5-18-6-8-19/h3-4,10-11,15,18H,1-2,5-9H2/t15-/m1/s1. The Balaban J connectivity index is 1.85. The van der Waals surface area contributed by atoms with Gasteiger partial charge in [0.25, 0.3) is 0 Å². The average molecular weight is 344 g/mol. The number of nitrogens with zero attached hydrogens (tertiary/aromatic N) is 1. The summed E-state index contributed by atoms with van der Waals surface area (Å²) in [5, 5.41) is 4.28. The van der Waals surface area contributed by atoms with Crippen LogP contribution in [0.25, 0.3) is 0 Å². The van der Waals surface area contributed by atoms with E-state index in [1.165, 1.54) is 29.3 Å². The molecule has 0 amide bonds. The summed E-state index contributed by atoms with van der Waals surface area (Å²) in [6.07, 6.45) is 4.08. The van der Waals surface area contributed by atoms with Gasteiger partial charge >= 0.3 is 0 Å². The van der Waals surface area contributed by atoms with Gasteiger partial charge in [-0.15, -0.1) is 0 Å². The van der Waals surface area contributed by atoms with Crippen LogP contribution in [0.15, 0.2) is 22.7 Å². The fourth-order valence-corrected chi connectivity index (χ4v) is 3.60. The predicted octanol–water partition coefficient (Wildman–Crippen LogP) is 3.85. The summed E-state index contributed by atoms with van der Waals surface area (Å²) >= 11 is 9.91. The Morgan fingerprint density at radius 3 is 2.74 bits per heavy atom. The van der Waals surface area contributed by atoms with Crippen molar-refractivity contribution in [1.29, 1.82) is 0 Å². The van der Waals surface area contributed by atoms with Crippen molar-refractivity contribution in [1.82, 2.24) is 10.2 Å². The first-order valence-corrected chi connectivity index (χ1v) is 8.31. The first-order chi connectivity index (χ1) is 9.24. The maximum absolute atomic E-state index is 6.20. The van der Waals surface area contributed by atoms with Gasteiger partial charge in [-0.1, -0.05) is 40.4 Å². The second-order valence-electron chi connectivity index (χ2n) is 5.65. The van der Waals surface area contributed by atoms with Crippen molar-refractivity contribution in [3.05, 3.63) is 33.3 Å². The van der Waals surface area contributed by atoms with Gasteiger partial charge in [0.15, 0.2) is 0 Å². The van der Waals surface area contributed by atoms with E-state index in [0.29, 0.717) is 6.04 Å². The molecule has 1 aromatic rings. The third-order valence-corrected chi connectivity index (χ3v) is 5.12. The molecular formula is C15H20BrClN2. The van der Waals surface area contributed by atoms with E-state index in [1.807, 2.05) is 6.07 Å². The van der Waals surface area contributed by atoms with Crippen LogP contribution in [-0.2, 0) is 0 Å². The second kappa shape index (κ2) is 6.13. The minimum atomic E-state index is 0.516. The van der Waals surface area contributed by atoms with E-state index in [9.17, 15) is 0 Å². The highest BCUT2D eigenvalue weighted by atomic mass is 79.9. The molecule has 2 nitrogen and oxygen atoms in total. The van der Waals surface area contributed by atoms with Crippen LogP contribution in [0, 0.1) is 5.92 Å². The molecule has 3 rings (SSSR count). The van der Waals surface area contributed by atoms with Gasteiger partial charge in [0.1, 0.15) is 0 Å². The lowest BCUT2D eigenvalue weighted by Crippen LogP contribution is -2.45. The molecule has 0 unspecified atom stereocenters. The number of hydrogen-bond acceptors (Lipinski definition) is 2. The molecule has 0 radical (unpaired) electrons. The summed E-state index contributed by atoms with van der Waals surface area (Å²) in [5.41, 5.74) is 1.36. The molecule has 4 heteroatoms. The Kier molecular flexibility index (Phi) is 4.47. The Morgan fingerprint density at radius 1 is 1.32 bits per heavy atom. The van der Waals surface area contributed by atoms with Gasteiger partial charge in [0, 0.05) is 41.7 Å². The Labute approximate surface area is 128 Å². The molecule has 1 aliphatic heterocycles. The summed E-state index contributed by atoms with van der Waals surface area (Å²) in [6.45, 7) is 4.46. The number of hydrogen-bond donors (Lipinski definition) is 1. The molecule has 1 saturated carbocycles. The van der Waals surface area contributed by atoms with Crippen LogP contribution >= 0.6 is 27.5 Å². The van der Waals surface area contributed by atoms with Gasteiger partial charge in [-0.3, -0.25) is 4.90 Å². The van der Waals surface area contributed by atoms with Gasteiger partial charge in [0.2, 0.25) is 0 Å². The molecule has 1 aromatic carbocycles. The Bertz CT molecular complexity index is 442. The largest absolute Gasteiger partial charge is 0.314 e. The Hall–Kier alpha value is -0.0900. The van der Waals surface area contributed by atoms with E-state index in [0.717, 1.165) is 37.1 Å². The number of piperazine rings is 1. The van der Waals surface area contributed by atoms with Crippen molar-refractivity contribution in [2.75, 3.05) is 26.2 Å². The van der Waals surface area contributed by atoms with Crippen molar-refractivity contribution in [2.24, 2.45) is 5.92 Å². The van der Waals surface area contributed by atoms with Gasteiger partial charge in [0.05, 0.1) is 0 Å². The molecule has 1 heterocycles. The zero-order chi connectivity index (χ0) is 13.2. The quantitative estimate of drug-likeness (QED) is 0.893. The number of benzene rings is 1. The maximum atomic E-state index is 6.20. The summed E-state index contributed by atoms with van der Waals surface area (Å²) in [5.74, 6) is 0.922. The summed E-state index contributed by atoms with van der Waals surface area (Å²) < 4.78 is 1.20. The van der Waals surface area contributed by atoms with E-state index in [1.54, 1.807) is 0 Å². The van der Waals surface area contributed by atoms with E-state index in [4.69, 9.17) is 11.6 Å². The Morgan fingerprint density at radius 2 is 2.05 bits per heavy atom. The molecule has 2 aliphatic rings. The van der Waals surface area contributed by atoms with Gasteiger partial charge in [-0.2, -0.15) is 0 Å². The third kappa shape index (κ3) is 3.52. The normalized spacial score (nSPS) is 22.4. The lowest BCUT2D eigenvalue weighted by atomic mass is 9.98. The van der Waals surface area contributed by atoms with E-state index in [2.05, 4.69) is 38.3 Å². The van der Waals surface area contributed by atoms with Crippen LogP contribution < -0.4 is 5.32 Å². The summed E-state index contributed by atoms with van der Waals surface area (Å²) in [7, 11) is 0. The lowest BCUT2D eigenvalue weighted by molar-refractivity contribution is 0.160. The van der Waals surface area contributed by atoms with Crippen molar-refractivity contribution in [2.45, 2.75) is 25.3 Å². The fraction of sp³-hybridized carbons (Fsp3) is 0.600. The molecule has 0 aromatic heterocycles. The number of halogens is 2. The molecule has 2 fully saturated rings. The maximum Gasteiger partial charge on any atom is 0.0410 e. The molecule has 0 spiro atoms. The molecule has 1 atom stereocenters. The predicted molar refractivity (Wildman–Crippen MR) is 83.7 cm³/mol. The minimum absolute atomic E-state index is 0.516. The minimum Gasteiger partial charge on any atom is -0.314 e. The lowest BCUT2D eigenvalue weighted by Gasteiger charge is -2.36. The van der Waals surface area contributed by atoms with Gasteiger partial charge in [-0.05, 0) is 36.1 Å². The summed E-state index contributed by atoms with van der Waals surface area (Å²) in [4.78, 5) is 2.62. The van der Waals surface area contributed by atoms with E-state index in [-0.39, 0.29) is 0 Å². The van der Waals surface area contributed by atoms with E-state index >= 15 is 0 Å². The van der Waals surface area contributed by atoms with Crippen LogP contribution in [0.1, 0.15) is 30.9 Å². The van der Waals surface area contributed by atoms with Gasteiger partial charge < -0.3 is 5.32 Å². The van der Waals surface area contributed by atoms with Crippen molar-refractivity contribution < 1.29 is 0 Å². The molecule has 19 heavy (non-hydrogen) atoms. The average Bonchev–Trinajstić information content (AvgIpc) is 3.24. The highest BCUT2D eigenvalue weighted by molar-refractivity contribution is 9.10. The van der Waals surface area contributed by atoms with Crippen molar-refractivity contribution in [3.63, 3.8) is 0 Å². The topological polar surface area (TPSA) is 15.3 Å². The molecule has 1 saturated heterocycles. The molecule has 1 N–H and O–H groups in total. The highest BCUT2D eigenvalue weighted by Crippen LogP contribution is 2.42. The molecular weight excluding hydrogens is 324 g/mol. The van der Waals surface area contributed by atoms with Crippen LogP contribution in [0.4, 0.5) is 0 Å². The first kappa shape index (κ1) is 13.9. The monoisotopic (exact) mass is 342 g/mol. The summed E-state index contributed by atoms with van der Waals surface area (Å²) in [6, 6.07) is 6.70. The zero-order valence-electron chi connectivity index (χ0n) is 11.0. The van der Waals surface area contributed by atoms with Crippen molar-refractivity contribution in [3.8, 4) is 0 Å². The molecule has 0 bridgehead atoms. The van der Waals surface area contributed by atoms with Crippen LogP contribution in [-0.4, -0.2) is 31.1 Å². The number of rotatable bonds is 4. The van der Waals surface area contributed by atoms with Gasteiger partial charge in [-0.25, -0.2) is 0 Å². The molecule has 1 aliphatic carbocycles. The number of nitrogens with one attached hydrogen (secondary N) is 1. The smallest absolute Gasteiger partial charge is 0.0410 e.